The summed E-state index contributed by atoms with van der Waals surface area (Å²) >= 11 is 2.53. The van der Waals surface area contributed by atoms with Gasteiger partial charge < -0.3 is 9.15 Å². The molecule has 0 aliphatic heterocycles. The van der Waals surface area contributed by atoms with E-state index >= 15 is 0 Å². The van der Waals surface area contributed by atoms with E-state index in [0.29, 0.717) is 16.2 Å². The van der Waals surface area contributed by atoms with Gasteiger partial charge in [-0.25, -0.2) is 0 Å². The summed E-state index contributed by atoms with van der Waals surface area (Å²) in [5.41, 5.74) is 0.782. The van der Waals surface area contributed by atoms with E-state index in [1.165, 1.54) is 11.3 Å². The predicted octanol–water partition coefficient (Wildman–Crippen LogP) is 3.45. The third kappa shape index (κ3) is 4.58. The molecule has 0 unspecified atom stereocenters. The van der Waals surface area contributed by atoms with Gasteiger partial charge in [0.25, 0.3) is 5.22 Å². The molecular weight excluding hydrogens is 374 g/mol. The Morgan fingerprint density at radius 3 is 2.65 bits per heavy atom. The summed E-state index contributed by atoms with van der Waals surface area (Å²) in [5.74, 6) is 1.35. The summed E-state index contributed by atoms with van der Waals surface area (Å²) < 4.78 is 10.7. The highest BCUT2D eigenvalue weighted by Crippen LogP contribution is 2.26. The Morgan fingerprint density at radius 2 is 2.00 bits per heavy atom. The average molecular weight is 391 g/mol. The number of thioether (sulfide) groups is 1. The molecule has 0 spiro atoms. The lowest BCUT2D eigenvalue weighted by Gasteiger charge is -1.99. The smallest absolute Gasteiger partial charge is 0.277 e. The first-order valence-electron chi connectivity index (χ1n) is 7.79. The van der Waals surface area contributed by atoms with Crippen LogP contribution in [0, 0.1) is 0 Å². The third-order valence-electron chi connectivity index (χ3n) is 3.25. The maximum atomic E-state index is 12.0. The van der Waals surface area contributed by atoms with Crippen LogP contribution >= 0.6 is 23.1 Å². The van der Waals surface area contributed by atoms with E-state index in [-0.39, 0.29) is 17.6 Å². The number of ether oxygens (including phenoxy) is 1. The fourth-order valence-corrected chi connectivity index (χ4v) is 3.24. The Labute approximate surface area is 158 Å². The van der Waals surface area contributed by atoms with Crippen LogP contribution in [-0.2, 0) is 4.79 Å². The summed E-state index contributed by atoms with van der Waals surface area (Å²) in [6.07, 6.45) is 0. The number of benzene rings is 1. The van der Waals surface area contributed by atoms with Crippen LogP contribution in [0.15, 0.2) is 33.9 Å². The summed E-state index contributed by atoms with van der Waals surface area (Å²) in [6, 6.07) is 7.28. The molecule has 0 saturated heterocycles. The number of carbonyl (C=O) groups excluding carboxylic acids is 1. The highest BCUT2D eigenvalue weighted by atomic mass is 32.2. The molecule has 0 bridgehead atoms. The normalized spacial score (nSPS) is 10.9. The van der Waals surface area contributed by atoms with Crippen molar-refractivity contribution in [2.24, 2.45) is 0 Å². The molecule has 0 fully saturated rings. The minimum absolute atomic E-state index is 0.140. The molecule has 2 heterocycles. The zero-order chi connectivity index (χ0) is 18.5. The molecule has 0 aliphatic rings. The largest absolute Gasteiger partial charge is 0.497 e. The number of hydrogen-bond acceptors (Lipinski definition) is 9. The van der Waals surface area contributed by atoms with Crippen molar-refractivity contribution in [2.75, 3.05) is 18.2 Å². The molecule has 0 aliphatic carbocycles. The predicted molar refractivity (Wildman–Crippen MR) is 99.6 cm³/mol. The van der Waals surface area contributed by atoms with E-state index < -0.39 is 0 Å². The molecule has 8 nitrogen and oxygen atoms in total. The van der Waals surface area contributed by atoms with E-state index in [1.807, 2.05) is 38.1 Å². The van der Waals surface area contributed by atoms with Crippen molar-refractivity contribution in [3.8, 4) is 17.2 Å². The monoisotopic (exact) mass is 391 g/mol. The first-order valence-corrected chi connectivity index (χ1v) is 9.59. The SMILES string of the molecule is COc1ccc(-c2nnc(SCC(=O)Nc3nnc(C(C)C)s3)o2)cc1. The van der Waals surface area contributed by atoms with Crippen molar-refractivity contribution in [3.05, 3.63) is 29.3 Å². The highest BCUT2D eigenvalue weighted by Gasteiger charge is 2.14. The lowest BCUT2D eigenvalue weighted by Crippen LogP contribution is -2.13. The molecule has 3 rings (SSSR count). The lowest BCUT2D eigenvalue weighted by molar-refractivity contribution is -0.113. The van der Waals surface area contributed by atoms with Gasteiger partial charge in [-0.3, -0.25) is 10.1 Å². The number of methoxy groups -OCH3 is 1. The van der Waals surface area contributed by atoms with Gasteiger partial charge in [-0.1, -0.05) is 36.9 Å². The summed E-state index contributed by atoms with van der Waals surface area (Å²) in [6.45, 7) is 4.05. The molecule has 0 saturated carbocycles. The van der Waals surface area contributed by atoms with Crippen LogP contribution in [0.5, 0.6) is 5.75 Å². The first-order chi connectivity index (χ1) is 12.5. The fraction of sp³-hybridized carbons (Fsp3) is 0.312. The van der Waals surface area contributed by atoms with E-state index in [2.05, 4.69) is 25.7 Å². The number of carbonyl (C=O) groups is 1. The summed E-state index contributed by atoms with van der Waals surface area (Å²) in [4.78, 5) is 12.0. The van der Waals surface area contributed by atoms with Crippen molar-refractivity contribution in [1.82, 2.24) is 20.4 Å². The Hall–Kier alpha value is -2.46. The van der Waals surface area contributed by atoms with Crippen molar-refractivity contribution in [2.45, 2.75) is 25.0 Å². The molecule has 0 radical (unpaired) electrons. The van der Waals surface area contributed by atoms with Crippen LogP contribution < -0.4 is 10.1 Å². The van der Waals surface area contributed by atoms with Crippen LogP contribution in [0.25, 0.3) is 11.5 Å². The second-order valence-electron chi connectivity index (χ2n) is 5.54. The maximum Gasteiger partial charge on any atom is 0.277 e. The van der Waals surface area contributed by atoms with Gasteiger partial charge in [-0.2, -0.15) is 0 Å². The van der Waals surface area contributed by atoms with Crippen molar-refractivity contribution >= 4 is 34.1 Å². The summed E-state index contributed by atoms with van der Waals surface area (Å²) in [7, 11) is 1.60. The standard InChI is InChI=1S/C16H17N5O3S2/c1-9(2)14-19-20-15(26-14)17-12(22)8-25-16-21-18-13(24-16)10-4-6-11(23-3)7-5-10/h4-7,9H,8H2,1-3H3,(H,17,20,22). The summed E-state index contributed by atoms with van der Waals surface area (Å²) in [5, 5.41) is 20.4. The van der Waals surface area contributed by atoms with Crippen LogP contribution in [0.3, 0.4) is 0 Å². The number of aromatic nitrogens is 4. The van der Waals surface area contributed by atoms with Crippen LogP contribution in [-0.4, -0.2) is 39.2 Å². The maximum absolute atomic E-state index is 12.0. The topological polar surface area (TPSA) is 103 Å². The van der Waals surface area contributed by atoms with E-state index in [4.69, 9.17) is 9.15 Å². The van der Waals surface area contributed by atoms with Crippen LogP contribution in [0.4, 0.5) is 5.13 Å². The van der Waals surface area contributed by atoms with Gasteiger partial charge in [-0.05, 0) is 24.3 Å². The Bertz CT molecular complexity index is 876. The number of nitrogens with zero attached hydrogens (tertiary/aromatic N) is 4. The molecule has 3 aromatic rings. The first kappa shape index (κ1) is 18.3. The van der Waals surface area contributed by atoms with E-state index in [1.54, 1.807) is 7.11 Å². The Kier molecular flexibility index (Phi) is 5.84. The molecule has 26 heavy (non-hydrogen) atoms. The van der Waals surface area contributed by atoms with Gasteiger partial charge >= 0.3 is 0 Å². The average Bonchev–Trinajstić information content (AvgIpc) is 3.29. The number of rotatable bonds is 7. The number of amides is 1. The van der Waals surface area contributed by atoms with Crippen LogP contribution in [0.2, 0.25) is 0 Å². The molecule has 1 aromatic carbocycles. The number of nitrogens with one attached hydrogen (secondary N) is 1. The van der Waals surface area contributed by atoms with Crippen molar-refractivity contribution < 1.29 is 13.9 Å². The number of anilines is 1. The molecule has 1 amide bonds. The number of hydrogen-bond donors (Lipinski definition) is 1. The van der Waals surface area contributed by atoms with Crippen molar-refractivity contribution in [3.63, 3.8) is 0 Å². The lowest BCUT2D eigenvalue weighted by atomic mass is 10.2. The molecule has 2 aromatic heterocycles. The van der Waals surface area contributed by atoms with Gasteiger partial charge in [0.05, 0.1) is 12.9 Å². The zero-order valence-corrected chi connectivity index (χ0v) is 16.1. The van der Waals surface area contributed by atoms with Gasteiger partial charge in [0.1, 0.15) is 10.8 Å². The minimum atomic E-state index is -0.203. The zero-order valence-electron chi connectivity index (χ0n) is 14.4. The fourth-order valence-electron chi connectivity index (χ4n) is 1.92. The molecule has 1 N–H and O–H groups in total. The van der Waals surface area contributed by atoms with Crippen LogP contribution in [0.1, 0.15) is 24.8 Å². The Balaban J connectivity index is 1.54. The molecule has 0 atom stereocenters. The van der Waals surface area contributed by atoms with Gasteiger partial charge in [0, 0.05) is 11.5 Å². The van der Waals surface area contributed by atoms with Gasteiger partial charge in [0.15, 0.2) is 0 Å². The second-order valence-corrected chi connectivity index (χ2v) is 7.47. The molecule has 10 heteroatoms. The molecular formula is C16H17N5O3S2. The highest BCUT2D eigenvalue weighted by molar-refractivity contribution is 7.99. The third-order valence-corrected chi connectivity index (χ3v) is 5.21. The Morgan fingerprint density at radius 1 is 1.23 bits per heavy atom. The molecule has 136 valence electrons. The second kappa shape index (κ2) is 8.28. The van der Waals surface area contributed by atoms with Gasteiger partial charge in [-0.15, -0.1) is 20.4 Å². The van der Waals surface area contributed by atoms with Gasteiger partial charge in [0.2, 0.25) is 16.9 Å². The van der Waals surface area contributed by atoms with E-state index in [0.717, 1.165) is 28.1 Å². The van der Waals surface area contributed by atoms with Crippen molar-refractivity contribution in [1.29, 1.82) is 0 Å². The minimum Gasteiger partial charge on any atom is -0.497 e. The van der Waals surface area contributed by atoms with E-state index in [9.17, 15) is 4.79 Å². The quantitative estimate of drug-likeness (QED) is 0.611.